The second-order valence-electron chi connectivity index (χ2n) is 5.44. The lowest BCUT2D eigenvalue weighted by molar-refractivity contribution is -0.133. The molecule has 118 valence electrons. The molecule has 0 radical (unpaired) electrons. The van der Waals surface area contributed by atoms with Crippen LogP contribution in [0.3, 0.4) is 0 Å². The zero-order valence-electron chi connectivity index (χ0n) is 12.7. The molecule has 1 aromatic heterocycles. The van der Waals surface area contributed by atoms with Crippen LogP contribution in [0.15, 0.2) is 46.9 Å². The quantitative estimate of drug-likeness (QED) is 0.512. The van der Waals surface area contributed by atoms with Crippen LogP contribution in [0.4, 0.5) is 0 Å². The van der Waals surface area contributed by atoms with Crippen LogP contribution in [0.25, 0.3) is 0 Å². The molecule has 1 saturated heterocycles. The molecule has 2 aromatic rings. The fraction of sp³-hybridized carbons (Fsp3) is 0.235. The molecular weight excluding hydrogens is 310 g/mol. The molecular formula is C17H17N3O2S. The Bertz CT molecular complexity index is 739. The minimum atomic E-state index is -0.751. The van der Waals surface area contributed by atoms with E-state index < -0.39 is 5.92 Å². The van der Waals surface area contributed by atoms with E-state index >= 15 is 0 Å². The molecule has 6 heteroatoms. The number of hydrogen-bond acceptors (Lipinski definition) is 4. The Labute approximate surface area is 138 Å². The van der Waals surface area contributed by atoms with Crippen molar-refractivity contribution in [1.29, 1.82) is 0 Å². The summed E-state index contributed by atoms with van der Waals surface area (Å²) in [5, 5.41) is 8.72. The van der Waals surface area contributed by atoms with Crippen molar-refractivity contribution in [1.82, 2.24) is 10.7 Å². The number of nitrogens with zero attached hydrogens (tertiary/aromatic N) is 1. The van der Waals surface area contributed by atoms with Crippen LogP contribution in [-0.2, 0) is 9.59 Å². The fourth-order valence-corrected chi connectivity index (χ4v) is 3.46. The van der Waals surface area contributed by atoms with E-state index in [9.17, 15) is 9.59 Å². The van der Waals surface area contributed by atoms with Gasteiger partial charge in [-0.15, -0.1) is 11.3 Å². The van der Waals surface area contributed by atoms with Crippen molar-refractivity contribution in [3.63, 3.8) is 0 Å². The predicted molar refractivity (Wildman–Crippen MR) is 90.5 cm³/mol. The Morgan fingerprint density at radius 2 is 2.13 bits per heavy atom. The first-order valence-corrected chi connectivity index (χ1v) is 8.24. The maximum Gasteiger partial charge on any atom is 0.253 e. The van der Waals surface area contributed by atoms with Gasteiger partial charge < -0.3 is 5.32 Å². The lowest BCUT2D eigenvalue weighted by Gasteiger charge is -2.15. The van der Waals surface area contributed by atoms with Crippen LogP contribution in [0, 0.1) is 12.8 Å². The van der Waals surface area contributed by atoms with Gasteiger partial charge in [0.1, 0.15) is 5.92 Å². The number of benzene rings is 1. The number of carbonyl (C=O) groups is 2. The summed E-state index contributed by atoms with van der Waals surface area (Å²) in [5.74, 6) is -1.54. The maximum atomic E-state index is 12.4. The minimum Gasteiger partial charge on any atom is -0.355 e. The predicted octanol–water partition coefficient (Wildman–Crippen LogP) is 2.04. The summed E-state index contributed by atoms with van der Waals surface area (Å²) in [6.07, 6.45) is 1.61. The molecule has 1 aromatic carbocycles. The van der Waals surface area contributed by atoms with E-state index in [1.54, 1.807) is 17.6 Å². The molecule has 0 unspecified atom stereocenters. The van der Waals surface area contributed by atoms with Crippen molar-refractivity contribution in [2.75, 3.05) is 6.54 Å². The van der Waals surface area contributed by atoms with Crippen LogP contribution < -0.4 is 10.7 Å². The van der Waals surface area contributed by atoms with E-state index in [0.29, 0.717) is 6.54 Å². The van der Waals surface area contributed by atoms with Crippen LogP contribution >= 0.6 is 11.3 Å². The van der Waals surface area contributed by atoms with Crippen molar-refractivity contribution in [2.24, 2.45) is 11.0 Å². The highest BCUT2D eigenvalue weighted by molar-refractivity contribution is 7.11. The normalized spacial score (nSPS) is 20.7. The Kier molecular flexibility index (Phi) is 4.52. The summed E-state index contributed by atoms with van der Waals surface area (Å²) in [6, 6.07) is 11.6. The summed E-state index contributed by atoms with van der Waals surface area (Å²) in [7, 11) is 0. The number of carbonyl (C=O) groups excluding carboxylic acids is 2. The van der Waals surface area contributed by atoms with Gasteiger partial charge in [-0.1, -0.05) is 30.3 Å². The van der Waals surface area contributed by atoms with Gasteiger partial charge in [-0.25, -0.2) is 5.43 Å². The van der Waals surface area contributed by atoms with Gasteiger partial charge in [0.2, 0.25) is 5.91 Å². The third kappa shape index (κ3) is 3.32. The second-order valence-corrected chi connectivity index (χ2v) is 6.39. The molecule has 0 aliphatic carbocycles. The molecule has 23 heavy (non-hydrogen) atoms. The van der Waals surface area contributed by atoms with Crippen molar-refractivity contribution in [3.05, 3.63) is 57.8 Å². The van der Waals surface area contributed by atoms with E-state index in [2.05, 4.69) is 15.8 Å². The average Bonchev–Trinajstić information content (AvgIpc) is 3.14. The number of hydrazone groups is 1. The minimum absolute atomic E-state index is 0.164. The molecule has 1 fully saturated rings. The molecule has 2 heterocycles. The lowest BCUT2D eigenvalue weighted by atomic mass is 9.88. The van der Waals surface area contributed by atoms with Gasteiger partial charge in [-0.05, 0) is 29.5 Å². The van der Waals surface area contributed by atoms with Gasteiger partial charge in [-0.3, -0.25) is 9.59 Å². The molecule has 0 bridgehead atoms. The lowest BCUT2D eigenvalue weighted by Crippen LogP contribution is -2.34. The van der Waals surface area contributed by atoms with Crippen LogP contribution in [0.5, 0.6) is 0 Å². The zero-order valence-corrected chi connectivity index (χ0v) is 13.5. The van der Waals surface area contributed by atoms with E-state index in [0.717, 1.165) is 16.0 Å². The monoisotopic (exact) mass is 327 g/mol. The Morgan fingerprint density at radius 3 is 2.83 bits per heavy atom. The third-order valence-corrected chi connectivity index (χ3v) is 4.90. The highest BCUT2D eigenvalue weighted by atomic mass is 32.1. The smallest absolute Gasteiger partial charge is 0.253 e. The Hall–Kier alpha value is -2.47. The SMILES string of the molecule is Cc1ccsc1/C=N\NC(=O)[C@H]1C(=O)NC[C@H]1c1ccccc1. The van der Waals surface area contributed by atoms with Gasteiger partial charge in [0.15, 0.2) is 0 Å². The van der Waals surface area contributed by atoms with E-state index in [-0.39, 0.29) is 17.7 Å². The molecule has 2 atom stereocenters. The molecule has 2 amide bonds. The standard InChI is InChI=1S/C17H17N3O2S/c1-11-7-8-23-14(11)10-19-20-17(22)15-13(9-18-16(15)21)12-5-3-2-4-6-12/h2-8,10,13,15H,9H2,1H3,(H,18,21)(H,20,22)/b19-10-/t13-,15+/m0/s1. The second kappa shape index (κ2) is 6.75. The Balaban J connectivity index is 1.71. The number of thiophene rings is 1. The molecule has 3 rings (SSSR count). The van der Waals surface area contributed by atoms with Gasteiger partial charge in [0.25, 0.3) is 5.91 Å². The summed E-state index contributed by atoms with van der Waals surface area (Å²) in [4.78, 5) is 25.4. The number of aryl methyl sites for hydroxylation is 1. The van der Waals surface area contributed by atoms with Gasteiger partial charge in [-0.2, -0.15) is 5.10 Å². The molecule has 1 aliphatic heterocycles. The van der Waals surface area contributed by atoms with Crippen LogP contribution in [-0.4, -0.2) is 24.6 Å². The van der Waals surface area contributed by atoms with Gasteiger partial charge in [0.05, 0.1) is 6.21 Å². The topological polar surface area (TPSA) is 70.6 Å². The molecule has 5 nitrogen and oxygen atoms in total. The maximum absolute atomic E-state index is 12.4. The summed E-state index contributed by atoms with van der Waals surface area (Å²) in [5.41, 5.74) is 4.58. The molecule has 0 spiro atoms. The first-order chi connectivity index (χ1) is 11.2. The molecule has 0 saturated carbocycles. The van der Waals surface area contributed by atoms with E-state index in [4.69, 9.17) is 0 Å². The number of amides is 2. The summed E-state index contributed by atoms with van der Waals surface area (Å²) < 4.78 is 0. The van der Waals surface area contributed by atoms with Crippen LogP contribution in [0.1, 0.15) is 21.9 Å². The van der Waals surface area contributed by atoms with E-state index in [1.165, 1.54) is 0 Å². The summed E-state index contributed by atoms with van der Waals surface area (Å²) >= 11 is 1.55. The first kappa shape index (κ1) is 15.4. The summed E-state index contributed by atoms with van der Waals surface area (Å²) in [6.45, 7) is 2.45. The zero-order chi connectivity index (χ0) is 16.2. The number of hydrogen-bond donors (Lipinski definition) is 2. The Morgan fingerprint density at radius 1 is 1.35 bits per heavy atom. The fourth-order valence-electron chi connectivity index (χ4n) is 2.67. The average molecular weight is 327 g/mol. The number of rotatable bonds is 4. The number of nitrogens with one attached hydrogen (secondary N) is 2. The molecule has 2 N–H and O–H groups in total. The van der Waals surface area contributed by atoms with Crippen molar-refractivity contribution in [3.8, 4) is 0 Å². The van der Waals surface area contributed by atoms with Crippen molar-refractivity contribution in [2.45, 2.75) is 12.8 Å². The highest BCUT2D eigenvalue weighted by Gasteiger charge is 2.40. The highest BCUT2D eigenvalue weighted by Crippen LogP contribution is 2.28. The first-order valence-electron chi connectivity index (χ1n) is 7.36. The largest absolute Gasteiger partial charge is 0.355 e. The van der Waals surface area contributed by atoms with E-state index in [1.807, 2.05) is 48.7 Å². The van der Waals surface area contributed by atoms with Crippen molar-refractivity contribution < 1.29 is 9.59 Å². The van der Waals surface area contributed by atoms with Crippen LogP contribution in [0.2, 0.25) is 0 Å². The van der Waals surface area contributed by atoms with Gasteiger partial charge in [0, 0.05) is 17.3 Å². The van der Waals surface area contributed by atoms with Gasteiger partial charge >= 0.3 is 0 Å². The van der Waals surface area contributed by atoms with Crippen molar-refractivity contribution >= 4 is 29.4 Å². The third-order valence-electron chi connectivity index (χ3n) is 3.95. The molecule has 1 aliphatic rings.